The number of carboxylic acids is 1. The monoisotopic (exact) mass is 491 g/mol. The molecule has 190 valence electrons. The van der Waals surface area contributed by atoms with Crippen molar-refractivity contribution in [1.82, 2.24) is 0 Å². The molecule has 0 bridgehead atoms. The molecule has 0 unspecified atom stereocenters. The molecule has 1 aliphatic heterocycles. The van der Waals surface area contributed by atoms with Crippen LogP contribution in [0.4, 0.5) is 15.8 Å². The van der Waals surface area contributed by atoms with Gasteiger partial charge in [-0.15, -0.1) is 0 Å². The SMILES string of the molecule is C[C@@H](N)c1cccc(-c2cc(NC[C@@H]3CCCO3)cc(N(C)Cc3ccccc3CC(=O)O)c2)c1F. The lowest BCUT2D eigenvalue weighted by atomic mass is 9.98. The molecular weight excluding hydrogens is 457 g/mol. The normalized spacial score (nSPS) is 16.1. The molecule has 1 heterocycles. The summed E-state index contributed by atoms with van der Waals surface area (Å²) in [6.45, 7) is 3.75. The number of anilines is 2. The molecule has 0 saturated carbocycles. The van der Waals surface area contributed by atoms with Crippen LogP contribution in [0.5, 0.6) is 0 Å². The Morgan fingerprint density at radius 2 is 1.97 bits per heavy atom. The molecule has 3 aromatic rings. The van der Waals surface area contributed by atoms with Crippen LogP contribution in [0.15, 0.2) is 60.7 Å². The molecule has 0 radical (unpaired) electrons. The van der Waals surface area contributed by atoms with E-state index >= 15 is 4.39 Å². The summed E-state index contributed by atoms with van der Waals surface area (Å²) < 4.78 is 21.2. The molecule has 1 fully saturated rings. The minimum Gasteiger partial charge on any atom is -0.481 e. The van der Waals surface area contributed by atoms with Gasteiger partial charge in [0.1, 0.15) is 5.82 Å². The fourth-order valence-corrected chi connectivity index (χ4v) is 4.64. The highest BCUT2D eigenvalue weighted by Gasteiger charge is 2.18. The molecular formula is C29H34FN3O3. The van der Waals surface area contributed by atoms with Gasteiger partial charge in [0.25, 0.3) is 0 Å². The molecule has 0 aliphatic carbocycles. The van der Waals surface area contributed by atoms with E-state index in [2.05, 4.69) is 10.2 Å². The molecule has 1 saturated heterocycles. The van der Waals surface area contributed by atoms with Gasteiger partial charge in [-0.3, -0.25) is 4.79 Å². The summed E-state index contributed by atoms with van der Waals surface area (Å²) in [5, 5.41) is 12.8. The number of nitrogens with one attached hydrogen (secondary N) is 1. The molecule has 36 heavy (non-hydrogen) atoms. The Labute approximate surface area is 211 Å². The van der Waals surface area contributed by atoms with Gasteiger partial charge in [-0.1, -0.05) is 42.5 Å². The highest BCUT2D eigenvalue weighted by atomic mass is 19.1. The van der Waals surface area contributed by atoms with Gasteiger partial charge in [0.05, 0.1) is 12.5 Å². The number of ether oxygens (including phenoxy) is 1. The van der Waals surface area contributed by atoms with Crippen LogP contribution >= 0.6 is 0 Å². The van der Waals surface area contributed by atoms with Crippen molar-refractivity contribution in [3.05, 3.63) is 83.2 Å². The van der Waals surface area contributed by atoms with Crippen molar-refractivity contribution < 1.29 is 19.0 Å². The molecule has 1 aliphatic rings. The van der Waals surface area contributed by atoms with Crippen molar-refractivity contribution in [3.8, 4) is 11.1 Å². The Morgan fingerprint density at radius 1 is 1.19 bits per heavy atom. The number of carboxylic acid groups (broad SMARTS) is 1. The minimum absolute atomic E-state index is 0.0342. The fraction of sp³-hybridized carbons (Fsp3) is 0.345. The van der Waals surface area contributed by atoms with Crippen LogP contribution in [0.3, 0.4) is 0 Å². The van der Waals surface area contributed by atoms with Crippen molar-refractivity contribution in [2.24, 2.45) is 5.73 Å². The number of hydrogen-bond acceptors (Lipinski definition) is 5. The summed E-state index contributed by atoms with van der Waals surface area (Å²) in [5.41, 5.74) is 11.2. The van der Waals surface area contributed by atoms with Crippen molar-refractivity contribution in [3.63, 3.8) is 0 Å². The van der Waals surface area contributed by atoms with E-state index in [0.717, 1.165) is 47.5 Å². The third kappa shape index (κ3) is 6.22. The van der Waals surface area contributed by atoms with Crippen molar-refractivity contribution in [2.45, 2.75) is 44.9 Å². The lowest BCUT2D eigenvalue weighted by molar-refractivity contribution is -0.136. The topological polar surface area (TPSA) is 87.8 Å². The van der Waals surface area contributed by atoms with E-state index in [1.54, 1.807) is 19.1 Å². The molecule has 0 aromatic heterocycles. The Balaban J connectivity index is 1.68. The zero-order valence-electron chi connectivity index (χ0n) is 20.8. The molecule has 6 nitrogen and oxygen atoms in total. The molecule has 0 spiro atoms. The van der Waals surface area contributed by atoms with E-state index < -0.39 is 12.0 Å². The van der Waals surface area contributed by atoms with Crippen molar-refractivity contribution >= 4 is 17.3 Å². The van der Waals surface area contributed by atoms with Crippen LogP contribution in [0.1, 0.15) is 42.5 Å². The minimum atomic E-state index is -0.864. The number of hydrogen-bond donors (Lipinski definition) is 3. The quantitative estimate of drug-likeness (QED) is 0.354. The standard InChI is InChI=1S/C29H34FN3O3/c1-19(31)26-10-5-11-27(29(26)30)22-13-23(32-17-25-9-6-12-36-25)16-24(14-22)33(2)18-21-8-4-3-7-20(21)15-28(34)35/h3-5,7-8,10-11,13-14,16,19,25,32H,6,9,12,15,17-18,31H2,1-2H3,(H,34,35)/t19-,25+/m1/s1. The van der Waals surface area contributed by atoms with Gasteiger partial charge in [-0.2, -0.15) is 0 Å². The molecule has 0 amide bonds. The summed E-state index contributed by atoms with van der Waals surface area (Å²) in [6, 6.07) is 18.4. The second-order valence-electron chi connectivity index (χ2n) is 9.48. The number of aliphatic carboxylic acids is 1. The van der Waals surface area contributed by atoms with Crippen LogP contribution in [0.2, 0.25) is 0 Å². The van der Waals surface area contributed by atoms with Gasteiger partial charge >= 0.3 is 5.97 Å². The Morgan fingerprint density at radius 3 is 2.67 bits per heavy atom. The number of rotatable bonds is 10. The first kappa shape index (κ1) is 25.7. The largest absolute Gasteiger partial charge is 0.481 e. The third-order valence-electron chi connectivity index (χ3n) is 6.61. The summed E-state index contributed by atoms with van der Waals surface area (Å²) in [7, 11) is 1.95. The van der Waals surface area contributed by atoms with E-state index in [4.69, 9.17) is 10.5 Å². The average molecular weight is 492 g/mol. The van der Waals surface area contributed by atoms with Crippen molar-refractivity contribution in [2.75, 3.05) is 30.4 Å². The molecule has 3 aromatic carbocycles. The van der Waals surface area contributed by atoms with E-state index in [1.165, 1.54) is 0 Å². The molecule has 4 N–H and O–H groups in total. The van der Waals surface area contributed by atoms with Gasteiger partial charge in [0, 0.05) is 55.3 Å². The lowest BCUT2D eigenvalue weighted by Crippen LogP contribution is -2.20. The summed E-state index contributed by atoms with van der Waals surface area (Å²) in [5.74, 6) is -1.18. The fourth-order valence-electron chi connectivity index (χ4n) is 4.64. The number of carbonyl (C=O) groups is 1. The van der Waals surface area contributed by atoms with Crippen LogP contribution in [0, 0.1) is 5.82 Å². The molecule has 2 atom stereocenters. The van der Waals surface area contributed by atoms with Gasteiger partial charge < -0.3 is 25.8 Å². The lowest BCUT2D eigenvalue weighted by Gasteiger charge is -2.24. The van der Waals surface area contributed by atoms with Crippen LogP contribution in [0.25, 0.3) is 11.1 Å². The average Bonchev–Trinajstić information content (AvgIpc) is 3.37. The molecule has 7 heteroatoms. The maximum absolute atomic E-state index is 15.4. The third-order valence-corrected chi connectivity index (χ3v) is 6.61. The van der Waals surface area contributed by atoms with Crippen LogP contribution < -0.4 is 16.0 Å². The first-order valence-electron chi connectivity index (χ1n) is 12.4. The zero-order chi connectivity index (χ0) is 25.7. The van der Waals surface area contributed by atoms with Gasteiger partial charge in [-0.25, -0.2) is 4.39 Å². The highest BCUT2D eigenvalue weighted by molar-refractivity contribution is 5.75. The first-order chi connectivity index (χ1) is 17.3. The van der Waals surface area contributed by atoms with E-state index in [0.29, 0.717) is 24.2 Å². The maximum atomic E-state index is 15.4. The summed E-state index contributed by atoms with van der Waals surface area (Å²) >= 11 is 0. The second-order valence-corrected chi connectivity index (χ2v) is 9.48. The highest BCUT2D eigenvalue weighted by Crippen LogP contribution is 2.33. The number of nitrogens with zero attached hydrogens (tertiary/aromatic N) is 1. The number of benzene rings is 3. The van der Waals surface area contributed by atoms with E-state index in [1.807, 2.05) is 55.6 Å². The number of halogens is 1. The summed E-state index contributed by atoms with van der Waals surface area (Å²) in [4.78, 5) is 13.4. The van der Waals surface area contributed by atoms with Gasteiger partial charge in [0.15, 0.2) is 0 Å². The predicted octanol–water partition coefficient (Wildman–Crippen LogP) is 5.37. The first-order valence-corrected chi connectivity index (χ1v) is 12.4. The maximum Gasteiger partial charge on any atom is 0.307 e. The van der Waals surface area contributed by atoms with Gasteiger partial charge in [-0.05, 0) is 54.7 Å². The van der Waals surface area contributed by atoms with E-state index in [-0.39, 0.29) is 18.3 Å². The predicted molar refractivity (Wildman–Crippen MR) is 142 cm³/mol. The Hall–Kier alpha value is -3.42. The van der Waals surface area contributed by atoms with E-state index in [9.17, 15) is 9.90 Å². The van der Waals surface area contributed by atoms with Crippen LogP contribution in [-0.4, -0.2) is 37.4 Å². The number of nitrogens with two attached hydrogens (primary N) is 1. The zero-order valence-corrected chi connectivity index (χ0v) is 20.8. The summed E-state index contributed by atoms with van der Waals surface area (Å²) in [6.07, 6.45) is 2.21. The molecule has 4 rings (SSSR count). The Bertz CT molecular complexity index is 1210. The van der Waals surface area contributed by atoms with Gasteiger partial charge in [0.2, 0.25) is 0 Å². The second kappa shape index (κ2) is 11.5. The van der Waals surface area contributed by atoms with Crippen LogP contribution in [-0.2, 0) is 22.5 Å². The van der Waals surface area contributed by atoms with Crippen molar-refractivity contribution in [1.29, 1.82) is 0 Å². The Kier molecular flexibility index (Phi) is 8.23. The smallest absolute Gasteiger partial charge is 0.307 e.